The van der Waals surface area contributed by atoms with Crippen LogP contribution in [0.4, 0.5) is 0 Å². The lowest BCUT2D eigenvalue weighted by Crippen LogP contribution is -2.56. The van der Waals surface area contributed by atoms with Crippen LogP contribution in [0, 0.1) is 47.3 Å². The van der Waals surface area contributed by atoms with Crippen LogP contribution >= 0.6 is 0 Å². The van der Waals surface area contributed by atoms with Gasteiger partial charge >= 0.3 is 35.8 Å². The highest BCUT2D eigenvalue weighted by Crippen LogP contribution is 2.19. The van der Waals surface area contributed by atoms with Crippen LogP contribution in [0.5, 0.6) is 0 Å². The molecule has 0 radical (unpaired) electrons. The minimum atomic E-state index is -1.55. The molecule has 0 aromatic heterocycles. The molecule has 1 aliphatic heterocycles. The van der Waals surface area contributed by atoms with E-state index in [0.717, 1.165) is 0 Å². The molecule has 6 amide bonds. The van der Waals surface area contributed by atoms with Crippen molar-refractivity contribution in [3.05, 3.63) is 0 Å². The van der Waals surface area contributed by atoms with Crippen molar-refractivity contribution in [3.8, 4) is 0 Å². The fraction of sp³-hybridized carbons (Fsp3) is 0.774. The van der Waals surface area contributed by atoms with E-state index in [0.29, 0.717) is 0 Å². The highest BCUT2D eigenvalue weighted by Gasteiger charge is 2.41. The molecule has 0 aromatic carbocycles. The van der Waals surface area contributed by atoms with Crippen LogP contribution in [-0.4, -0.2) is 144 Å². The van der Waals surface area contributed by atoms with Crippen molar-refractivity contribution in [2.75, 3.05) is 0 Å². The lowest BCUT2D eigenvalue weighted by molar-refractivity contribution is -0.167. The van der Waals surface area contributed by atoms with E-state index < -0.39 is 191 Å². The molecule has 0 bridgehead atoms. The monoisotopic (exact) mass is 1100 g/mol. The first-order chi connectivity index (χ1) is 35.5. The van der Waals surface area contributed by atoms with E-state index >= 15 is 0 Å². The first-order valence-electron chi connectivity index (χ1n) is 26.5. The van der Waals surface area contributed by atoms with Gasteiger partial charge in [-0.05, 0) is 74.5 Å². The van der Waals surface area contributed by atoms with Crippen LogP contribution in [-0.2, 0) is 86.0 Å². The SMILES string of the molecule is CC[C@H]1OC(=O)[C@H](C(C)C)NC(=O)[C@H](C)OC(=O)[C@@H](C(C)C)NC(=O)[C@@H](C(C)C)OC(=O)[C@@H](C(C)C)NC(=O)[C@H](C)OC(=O)[C@@H](C(C)C)NC(=O)[C@@H](C(C)C)OC(=O)[C@H](C(C)C)NC(=O)[C@H](C)OC(=O)[C@H](C(C)C)NC1=O. The van der Waals surface area contributed by atoms with Crippen LogP contribution in [0.1, 0.15) is 145 Å². The fourth-order valence-corrected chi connectivity index (χ4v) is 7.34. The molecule has 1 heterocycles. The Hall–Kier alpha value is -6.36. The predicted molar refractivity (Wildman–Crippen MR) is 277 cm³/mol. The van der Waals surface area contributed by atoms with Gasteiger partial charge in [0.15, 0.2) is 36.6 Å². The Kier molecular flexibility index (Phi) is 27.8. The Labute approximate surface area is 453 Å². The van der Waals surface area contributed by atoms with Gasteiger partial charge in [0.2, 0.25) is 0 Å². The largest absolute Gasteiger partial charge is 0.451 e. The third kappa shape index (κ3) is 20.8. The van der Waals surface area contributed by atoms with Gasteiger partial charge in [0, 0.05) is 0 Å². The second-order valence-electron chi connectivity index (χ2n) is 22.2. The number of hydrogen-bond acceptors (Lipinski definition) is 18. The summed E-state index contributed by atoms with van der Waals surface area (Å²) in [5, 5.41) is 15.1. The maximum absolute atomic E-state index is 13.8. The Morgan fingerprint density at radius 2 is 0.481 bits per heavy atom. The van der Waals surface area contributed by atoms with E-state index in [1.807, 2.05) is 0 Å². The highest BCUT2D eigenvalue weighted by atomic mass is 16.6. The molecule has 0 unspecified atom stereocenters. The number of rotatable bonds is 9. The molecule has 6 N–H and O–H groups in total. The van der Waals surface area contributed by atoms with Gasteiger partial charge < -0.3 is 60.3 Å². The van der Waals surface area contributed by atoms with Gasteiger partial charge in [-0.1, -0.05) is 118 Å². The fourth-order valence-electron chi connectivity index (χ4n) is 7.34. The zero-order valence-corrected chi connectivity index (χ0v) is 48.6. The summed E-state index contributed by atoms with van der Waals surface area (Å²) in [4.78, 5) is 164. The number of esters is 6. The summed E-state index contributed by atoms with van der Waals surface area (Å²) in [7, 11) is 0. The van der Waals surface area contributed by atoms with Crippen molar-refractivity contribution < 1.29 is 86.0 Å². The molecular formula is C53H88N6O18. The summed E-state index contributed by atoms with van der Waals surface area (Å²) in [6.07, 6.45) is -9.29. The Bertz CT molecular complexity index is 2080. The first-order valence-corrected chi connectivity index (χ1v) is 26.5. The summed E-state index contributed by atoms with van der Waals surface area (Å²) in [5.74, 6) is -17.1. The second-order valence-corrected chi connectivity index (χ2v) is 22.2. The van der Waals surface area contributed by atoms with Gasteiger partial charge in [0.25, 0.3) is 35.4 Å². The van der Waals surface area contributed by atoms with Gasteiger partial charge in [-0.3, -0.25) is 28.8 Å². The molecule has 438 valence electrons. The number of ether oxygens (including phenoxy) is 6. The van der Waals surface area contributed by atoms with Crippen LogP contribution in [0.2, 0.25) is 0 Å². The minimum absolute atomic E-state index is 0.0901. The average Bonchev–Trinajstić information content (AvgIpc) is 3.31. The molecule has 1 fully saturated rings. The maximum Gasteiger partial charge on any atom is 0.329 e. The number of cyclic esters (lactones) is 6. The van der Waals surface area contributed by atoms with Gasteiger partial charge in [0.05, 0.1) is 0 Å². The molecule has 24 nitrogen and oxygen atoms in total. The highest BCUT2D eigenvalue weighted by molar-refractivity contribution is 5.95. The van der Waals surface area contributed by atoms with Crippen molar-refractivity contribution in [3.63, 3.8) is 0 Å². The van der Waals surface area contributed by atoms with Gasteiger partial charge in [-0.15, -0.1) is 0 Å². The van der Waals surface area contributed by atoms with Crippen molar-refractivity contribution in [1.29, 1.82) is 0 Å². The van der Waals surface area contributed by atoms with E-state index in [-0.39, 0.29) is 6.42 Å². The molecule has 1 saturated heterocycles. The summed E-state index contributed by atoms with van der Waals surface area (Å²) in [5.41, 5.74) is 0. The van der Waals surface area contributed by atoms with Gasteiger partial charge in [-0.25, -0.2) is 28.8 Å². The number of amides is 6. The van der Waals surface area contributed by atoms with Crippen molar-refractivity contribution >= 4 is 71.3 Å². The molecule has 24 heteroatoms. The van der Waals surface area contributed by atoms with Crippen LogP contribution in [0.3, 0.4) is 0 Å². The molecule has 12 atom stereocenters. The molecular weight excluding hydrogens is 1010 g/mol. The van der Waals surface area contributed by atoms with E-state index in [9.17, 15) is 57.5 Å². The second kappa shape index (κ2) is 31.1. The molecule has 0 spiro atoms. The van der Waals surface area contributed by atoms with E-state index in [1.165, 1.54) is 27.7 Å². The molecule has 0 saturated carbocycles. The van der Waals surface area contributed by atoms with Crippen LogP contribution < -0.4 is 31.9 Å². The Balaban J connectivity index is 3.83. The summed E-state index contributed by atoms with van der Waals surface area (Å²) >= 11 is 0. The van der Waals surface area contributed by atoms with E-state index in [2.05, 4.69) is 31.9 Å². The van der Waals surface area contributed by atoms with Crippen molar-refractivity contribution in [1.82, 2.24) is 31.9 Å². The molecule has 0 aromatic rings. The third-order valence-corrected chi connectivity index (χ3v) is 12.4. The van der Waals surface area contributed by atoms with Crippen LogP contribution in [0.15, 0.2) is 0 Å². The molecule has 1 rings (SSSR count). The minimum Gasteiger partial charge on any atom is -0.451 e. The van der Waals surface area contributed by atoms with Gasteiger partial charge in [-0.2, -0.15) is 0 Å². The zero-order valence-electron chi connectivity index (χ0n) is 48.6. The van der Waals surface area contributed by atoms with E-state index in [1.54, 1.807) is 111 Å². The first kappa shape index (κ1) is 68.7. The third-order valence-electron chi connectivity index (χ3n) is 12.4. The molecule has 0 aliphatic carbocycles. The quantitative estimate of drug-likeness (QED) is 0.142. The number of nitrogens with one attached hydrogen (secondary N) is 6. The van der Waals surface area contributed by atoms with Crippen molar-refractivity contribution in [2.24, 2.45) is 47.3 Å². The zero-order chi connectivity index (χ0) is 59.7. The summed E-state index contributed by atoms with van der Waals surface area (Å²) in [6.45, 7) is 30.5. The average molecular weight is 1100 g/mol. The summed E-state index contributed by atoms with van der Waals surface area (Å²) in [6, 6.07) is -8.34. The summed E-state index contributed by atoms with van der Waals surface area (Å²) < 4.78 is 33.3. The normalized spacial score (nSPS) is 29.0. The lowest BCUT2D eigenvalue weighted by atomic mass is 10.0. The standard InChI is InChI=1S/C53H88N6O18/c1-21-33-45(63)57-34(22(2)3)48(66)72-31(19)43(61)55-38(26(10)11)52(70)76-41(29(16)17)47(65)59-36(24(6)7)50(68)74-32(20)44(62)56-39(27(12)13)53(71)77-40(28(14)15)46(64)58-35(23(4)5)49(67)73-30(18)42(60)54-37(25(8)9)51(69)75-33/h22-41H,21H2,1-20H3,(H,54,60)(H,55,61)(H,56,62)(H,57,63)(H,58,64)(H,59,65)/t30-,31-,32-,33+,34-,35+,36+,37-,38-,39+,40+,41+/m0/s1. The maximum atomic E-state index is 13.8. The van der Waals surface area contributed by atoms with Gasteiger partial charge in [0.1, 0.15) is 36.3 Å². The smallest absolute Gasteiger partial charge is 0.329 e. The Morgan fingerprint density at radius 3 is 0.688 bits per heavy atom. The predicted octanol–water partition coefficient (Wildman–Crippen LogP) is 2.10. The topological polar surface area (TPSA) is 332 Å². The lowest BCUT2D eigenvalue weighted by Gasteiger charge is -2.30. The number of hydrogen-bond donors (Lipinski definition) is 6. The molecule has 1 aliphatic rings. The Morgan fingerprint density at radius 1 is 0.286 bits per heavy atom. The number of carbonyl (C=O) groups excluding carboxylic acids is 12. The molecule has 77 heavy (non-hydrogen) atoms. The van der Waals surface area contributed by atoms with Crippen LogP contribution in [0.25, 0.3) is 0 Å². The van der Waals surface area contributed by atoms with E-state index in [4.69, 9.17) is 28.4 Å². The number of carbonyl (C=O) groups is 12. The van der Waals surface area contributed by atoms with Crippen molar-refractivity contribution in [2.45, 2.75) is 218 Å².